The van der Waals surface area contributed by atoms with Gasteiger partial charge in [0.15, 0.2) is 0 Å². The average molecular weight is 167 g/mol. The zero-order valence-corrected chi connectivity index (χ0v) is 7.53. The van der Waals surface area contributed by atoms with Crippen molar-refractivity contribution in [3.8, 4) is 5.88 Å². The van der Waals surface area contributed by atoms with Crippen molar-refractivity contribution in [3.63, 3.8) is 0 Å². The maximum Gasteiger partial charge on any atom is 0.240 e. The molecule has 0 saturated heterocycles. The lowest BCUT2D eigenvalue weighted by Crippen LogP contribution is -2.24. The van der Waals surface area contributed by atoms with Crippen LogP contribution in [-0.4, -0.2) is 15.6 Å². The molecule has 66 valence electrons. The third-order valence-electron chi connectivity index (χ3n) is 1.11. The van der Waals surface area contributed by atoms with Crippen LogP contribution in [0.5, 0.6) is 5.88 Å². The fraction of sp³-hybridized carbons (Fsp3) is 0.500. The molecule has 0 amide bonds. The molecule has 0 radical (unpaired) electrons. The Labute approximate surface area is 71.8 Å². The molecule has 0 unspecified atom stereocenters. The van der Waals surface area contributed by atoms with Gasteiger partial charge in [-0.25, -0.2) is 4.98 Å². The number of ether oxygens (including phenoxy) is 1. The molecule has 1 rings (SSSR count). The first-order chi connectivity index (χ1) is 5.49. The molecule has 0 aliphatic heterocycles. The highest BCUT2D eigenvalue weighted by atomic mass is 16.5. The van der Waals surface area contributed by atoms with Crippen LogP contribution in [0.1, 0.15) is 20.8 Å². The Morgan fingerprint density at radius 1 is 1.42 bits per heavy atom. The number of aromatic nitrogens is 2. The molecule has 0 aromatic carbocycles. The molecule has 4 nitrogen and oxygen atoms in total. The second-order valence-electron chi connectivity index (χ2n) is 3.50. The fourth-order valence-corrected chi connectivity index (χ4v) is 0.704. The second kappa shape index (κ2) is 2.97. The van der Waals surface area contributed by atoms with Gasteiger partial charge in [-0.3, -0.25) is 0 Å². The molecule has 0 atom stereocenters. The first-order valence-corrected chi connectivity index (χ1v) is 3.73. The van der Waals surface area contributed by atoms with Gasteiger partial charge in [0.2, 0.25) is 5.88 Å². The highest BCUT2D eigenvalue weighted by Gasteiger charge is 2.14. The Kier molecular flexibility index (Phi) is 2.17. The minimum Gasteiger partial charge on any atom is -0.470 e. The van der Waals surface area contributed by atoms with Crippen LogP contribution < -0.4 is 10.5 Å². The molecule has 2 N–H and O–H groups in total. The number of hydrogen-bond acceptors (Lipinski definition) is 4. The lowest BCUT2D eigenvalue weighted by molar-refractivity contribution is 0.125. The van der Waals surface area contributed by atoms with Crippen molar-refractivity contribution in [2.24, 2.45) is 0 Å². The van der Waals surface area contributed by atoms with Crippen molar-refractivity contribution >= 4 is 5.69 Å². The molecular formula is C8H13N3O. The first-order valence-electron chi connectivity index (χ1n) is 3.73. The van der Waals surface area contributed by atoms with E-state index in [2.05, 4.69) is 9.97 Å². The summed E-state index contributed by atoms with van der Waals surface area (Å²) in [5.41, 5.74) is 5.77. The van der Waals surface area contributed by atoms with E-state index in [1.165, 1.54) is 12.5 Å². The Hall–Kier alpha value is -1.32. The summed E-state index contributed by atoms with van der Waals surface area (Å²) in [7, 11) is 0. The third kappa shape index (κ3) is 2.38. The summed E-state index contributed by atoms with van der Waals surface area (Å²) in [6.07, 6.45) is 2.94. The fourth-order valence-electron chi connectivity index (χ4n) is 0.704. The second-order valence-corrected chi connectivity index (χ2v) is 3.50. The molecule has 0 bridgehead atoms. The van der Waals surface area contributed by atoms with Crippen molar-refractivity contribution in [1.82, 2.24) is 9.97 Å². The number of anilines is 1. The van der Waals surface area contributed by atoms with Gasteiger partial charge in [-0.1, -0.05) is 0 Å². The number of nitrogen functional groups attached to an aromatic ring is 1. The van der Waals surface area contributed by atoms with Gasteiger partial charge in [-0.05, 0) is 20.8 Å². The van der Waals surface area contributed by atoms with Gasteiger partial charge in [-0.2, -0.15) is 4.98 Å². The van der Waals surface area contributed by atoms with E-state index in [0.717, 1.165) is 0 Å². The minimum absolute atomic E-state index is 0.275. The zero-order valence-electron chi connectivity index (χ0n) is 7.53. The molecule has 1 aromatic rings. The zero-order chi connectivity index (χ0) is 9.19. The van der Waals surface area contributed by atoms with E-state index in [1.807, 2.05) is 20.8 Å². The van der Waals surface area contributed by atoms with Crippen LogP contribution in [-0.2, 0) is 0 Å². The lowest BCUT2D eigenvalue weighted by atomic mass is 10.2. The van der Waals surface area contributed by atoms with Gasteiger partial charge in [0.05, 0.1) is 6.20 Å². The van der Waals surface area contributed by atoms with Crippen molar-refractivity contribution in [1.29, 1.82) is 0 Å². The third-order valence-corrected chi connectivity index (χ3v) is 1.11. The van der Waals surface area contributed by atoms with E-state index in [0.29, 0.717) is 11.6 Å². The number of rotatable bonds is 1. The van der Waals surface area contributed by atoms with Crippen LogP contribution in [0.15, 0.2) is 12.5 Å². The standard InChI is InChI=1S/C8H13N3O/c1-8(2,3)12-7-6(9)4-10-5-11-7/h4-5H,9H2,1-3H3. The van der Waals surface area contributed by atoms with E-state index < -0.39 is 0 Å². The van der Waals surface area contributed by atoms with Crippen LogP contribution >= 0.6 is 0 Å². The molecule has 0 saturated carbocycles. The topological polar surface area (TPSA) is 61.0 Å². The van der Waals surface area contributed by atoms with Crippen molar-refractivity contribution in [2.75, 3.05) is 5.73 Å². The Morgan fingerprint density at radius 2 is 2.08 bits per heavy atom. The highest BCUT2D eigenvalue weighted by molar-refractivity contribution is 5.44. The Balaban J connectivity index is 2.83. The smallest absolute Gasteiger partial charge is 0.240 e. The molecule has 0 aliphatic carbocycles. The van der Waals surface area contributed by atoms with Crippen LogP contribution in [0, 0.1) is 0 Å². The quantitative estimate of drug-likeness (QED) is 0.683. The highest BCUT2D eigenvalue weighted by Crippen LogP contribution is 2.20. The molecule has 4 heteroatoms. The largest absolute Gasteiger partial charge is 0.470 e. The summed E-state index contributed by atoms with van der Waals surface area (Å²) in [4.78, 5) is 7.66. The normalized spacial score (nSPS) is 11.2. The first kappa shape index (κ1) is 8.77. The van der Waals surface area contributed by atoms with Gasteiger partial charge >= 0.3 is 0 Å². The maximum atomic E-state index is 5.58. The van der Waals surface area contributed by atoms with Crippen LogP contribution in [0.4, 0.5) is 5.69 Å². The van der Waals surface area contributed by atoms with Crippen LogP contribution in [0.25, 0.3) is 0 Å². The summed E-state index contributed by atoms with van der Waals surface area (Å²) < 4.78 is 5.46. The van der Waals surface area contributed by atoms with E-state index >= 15 is 0 Å². The summed E-state index contributed by atoms with van der Waals surface area (Å²) >= 11 is 0. The van der Waals surface area contributed by atoms with E-state index in [1.54, 1.807) is 0 Å². The number of hydrogen-bond donors (Lipinski definition) is 1. The van der Waals surface area contributed by atoms with Crippen molar-refractivity contribution < 1.29 is 4.74 Å². The van der Waals surface area contributed by atoms with Crippen LogP contribution in [0.3, 0.4) is 0 Å². The van der Waals surface area contributed by atoms with Crippen molar-refractivity contribution in [2.45, 2.75) is 26.4 Å². The predicted octanol–water partition coefficient (Wildman–Crippen LogP) is 1.24. The molecular weight excluding hydrogens is 154 g/mol. The average Bonchev–Trinajstić information content (AvgIpc) is 1.91. The predicted molar refractivity (Wildman–Crippen MR) is 46.8 cm³/mol. The van der Waals surface area contributed by atoms with Gasteiger partial charge in [0.1, 0.15) is 17.6 Å². The molecule has 1 aromatic heterocycles. The number of nitrogens with zero attached hydrogens (tertiary/aromatic N) is 2. The summed E-state index contributed by atoms with van der Waals surface area (Å²) in [6.45, 7) is 5.82. The van der Waals surface area contributed by atoms with Gasteiger partial charge in [0.25, 0.3) is 0 Å². The monoisotopic (exact) mass is 167 g/mol. The summed E-state index contributed by atoms with van der Waals surface area (Å²) in [5.74, 6) is 0.442. The molecule has 0 aliphatic rings. The van der Waals surface area contributed by atoms with Gasteiger partial charge < -0.3 is 10.5 Å². The maximum absolute atomic E-state index is 5.58. The van der Waals surface area contributed by atoms with E-state index in [9.17, 15) is 0 Å². The van der Waals surface area contributed by atoms with Gasteiger partial charge in [-0.15, -0.1) is 0 Å². The SMILES string of the molecule is CC(C)(C)Oc1ncncc1N. The lowest BCUT2D eigenvalue weighted by Gasteiger charge is -2.20. The van der Waals surface area contributed by atoms with Gasteiger partial charge in [0, 0.05) is 0 Å². The van der Waals surface area contributed by atoms with E-state index in [4.69, 9.17) is 10.5 Å². The summed E-state index contributed by atoms with van der Waals surface area (Å²) in [5, 5.41) is 0. The Bertz CT molecular complexity index is 267. The molecule has 1 heterocycles. The van der Waals surface area contributed by atoms with E-state index in [-0.39, 0.29) is 5.60 Å². The molecule has 12 heavy (non-hydrogen) atoms. The molecule has 0 fully saturated rings. The Morgan fingerprint density at radius 3 is 2.58 bits per heavy atom. The summed E-state index contributed by atoms with van der Waals surface area (Å²) in [6, 6.07) is 0. The van der Waals surface area contributed by atoms with Crippen LogP contribution in [0.2, 0.25) is 0 Å². The minimum atomic E-state index is -0.275. The molecule has 0 spiro atoms. The van der Waals surface area contributed by atoms with Crippen molar-refractivity contribution in [3.05, 3.63) is 12.5 Å². The number of nitrogens with two attached hydrogens (primary N) is 1.